The SMILES string of the molecule is CCCC(C1CCCCC1)C(CCC)(CCC)C(=O)O[SiH3]. The maximum atomic E-state index is 12.8. The molecule has 1 rings (SSSR count). The number of hydrogen-bond donors (Lipinski definition) is 0. The molecule has 21 heavy (non-hydrogen) atoms. The molecular formula is C18H36O2Si. The van der Waals surface area contributed by atoms with Crippen LogP contribution < -0.4 is 0 Å². The molecule has 1 unspecified atom stereocenters. The van der Waals surface area contributed by atoms with Crippen molar-refractivity contribution >= 4 is 16.5 Å². The summed E-state index contributed by atoms with van der Waals surface area (Å²) in [5.41, 5.74) is -0.191. The van der Waals surface area contributed by atoms with Gasteiger partial charge in [-0.15, -0.1) is 0 Å². The quantitative estimate of drug-likeness (QED) is 0.590. The number of hydrogen-bond acceptors (Lipinski definition) is 2. The van der Waals surface area contributed by atoms with Crippen molar-refractivity contribution in [3.63, 3.8) is 0 Å². The van der Waals surface area contributed by atoms with Gasteiger partial charge in [0.25, 0.3) is 5.97 Å². The van der Waals surface area contributed by atoms with E-state index in [9.17, 15) is 4.79 Å². The Morgan fingerprint density at radius 3 is 2.10 bits per heavy atom. The standard InChI is InChI=1S/C18H36O2Si/c1-4-10-16(15-11-8-7-9-12-15)18(13-5-2,14-6-3)17(19)20-21/h15-16H,4-14H2,1-3,21H3. The van der Waals surface area contributed by atoms with Gasteiger partial charge in [-0.1, -0.05) is 72.1 Å². The Kier molecular flexibility index (Phi) is 8.61. The van der Waals surface area contributed by atoms with Gasteiger partial charge in [0.2, 0.25) is 10.5 Å². The second-order valence-electron chi connectivity index (χ2n) is 6.94. The zero-order valence-electron chi connectivity index (χ0n) is 14.7. The molecule has 0 aromatic heterocycles. The van der Waals surface area contributed by atoms with E-state index in [1.807, 2.05) is 0 Å². The van der Waals surface area contributed by atoms with Crippen molar-refractivity contribution in [3.8, 4) is 0 Å². The minimum Gasteiger partial charge on any atom is -0.528 e. The molecule has 1 fully saturated rings. The van der Waals surface area contributed by atoms with E-state index in [1.54, 1.807) is 0 Å². The third-order valence-electron chi connectivity index (χ3n) is 5.51. The zero-order valence-corrected chi connectivity index (χ0v) is 16.7. The van der Waals surface area contributed by atoms with Gasteiger partial charge in [0.1, 0.15) is 0 Å². The first-order chi connectivity index (χ1) is 10.2. The van der Waals surface area contributed by atoms with Gasteiger partial charge in [-0.3, -0.25) is 4.79 Å². The smallest absolute Gasteiger partial charge is 0.298 e. The Morgan fingerprint density at radius 2 is 1.67 bits per heavy atom. The Morgan fingerprint density at radius 1 is 1.10 bits per heavy atom. The van der Waals surface area contributed by atoms with Crippen molar-refractivity contribution in [3.05, 3.63) is 0 Å². The Hall–Kier alpha value is -0.313. The number of carbonyl (C=O) groups is 1. The molecule has 1 aliphatic carbocycles. The van der Waals surface area contributed by atoms with Crippen molar-refractivity contribution in [2.45, 2.75) is 91.4 Å². The van der Waals surface area contributed by atoms with Gasteiger partial charge in [0.15, 0.2) is 0 Å². The fraction of sp³-hybridized carbons (Fsp3) is 0.944. The highest BCUT2D eigenvalue weighted by molar-refractivity contribution is 6.06. The molecule has 0 N–H and O–H groups in total. The molecule has 0 aromatic carbocycles. The lowest BCUT2D eigenvalue weighted by Gasteiger charge is -2.44. The summed E-state index contributed by atoms with van der Waals surface area (Å²) in [5, 5.41) is 0. The van der Waals surface area contributed by atoms with Crippen molar-refractivity contribution in [1.29, 1.82) is 0 Å². The highest BCUT2D eigenvalue weighted by atomic mass is 28.2. The van der Waals surface area contributed by atoms with E-state index in [2.05, 4.69) is 20.8 Å². The molecule has 0 aromatic rings. The maximum absolute atomic E-state index is 12.8. The second-order valence-corrected chi connectivity index (χ2v) is 7.35. The van der Waals surface area contributed by atoms with E-state index < -0.39 is 0 Å². The molecule has 1 atom stereocenters. The van der Waals surface area contributed by atoms with Gasteiger partial charge in [0.05, 0.1) is 5.41 Å². The molecule has 1 aliphatic rings. The predicted octanol–water partition coefficient (Wildman–Crippen LogP) is 4.39. The van der Waals surface area contributed by atoms with Crippen LogP contribution in [0.1, 0.15) is 91.4 Å². The lowest BCUT2D eigenvalue weighted by atomic mass is 9.60. The first-order valence-electron chi connectivity index (χ1n) is 9.24. The Bertz CT molecular complexity index is 292. The van der Waals surface area contributed by atoms with Crippen LogP contribution in [0.3, 0.4) is 0 Å². The van der Waals surface area contributed by atoms with E-state index in [1.165, 1.54) is 44.9 Å². The van der Waals surface area contributed by atoms with Crippen LogP contribution in [0.4, 0.5) is 0 Å². The second kappa shape index (κ2) is 9.65. The van der Waals surface area contributed by atoms with Gasteiger partial charge in [-0.05, 0) is 31.1 Å². The zero-order chi connectivity index (χ0) is 15.7. The highest BCUT2D eigenvalue weighted by Gasteiger charge is 2.47. The lowest BCUT2D eigenvalue weighted by Crippen LogP contribution is -2.43. The van der Waals surface area contributed by atoms with Gasteiger partial charge in [-0.2, -0.15) is 0 Å². The Balaban J connectivity index is 3.09. The van der Waals surface area contributed by atoms with Crippen LogP contribution in [0.2, 0.25) is 0 Å². The summed E-state index contributed by atoms with van der Waals surface area (Å²) < 4.78 is 5.44. The molecular weight excluding hydrogens is 276 g/mol. The third-order valence-corrected chi connectivity index (χ3v) is 5.88. The number of carbonyl (C=O) groups excluding carboxylic acids is 1. The first kappa shape index (κ1) is 18.7. The summed E-state index contributed by atoms with van der Waals surface area (Å²) in [5.74, 6) is 1.42. The Labute approximate surface area is 135 Å². The van der Waals surface area contributed by atoms with Crippen LogP contribution in [-0.2, 0) is 9.22 Å². The van der Waals surface area contributed by atoms with E-state index in [-0.39, 0.29) is 11.4 Å². The minimum absolute atomic E-state index is 0.127. The van der Waals surface area contributed by atoms with Crippen LogP contribution >= 0.6 is 0 Å². The highest BCUT2D eigenvalue weighted by Crippen LogP contribution is 2.48. The fourth-order valence-electron chi connectivity index (χ4n) is 4.76. The van der Waals surface area contributed by atoms with Crippen molar-refractivity contribution in [1.82, 2.24) is 0 Å². The summed E-state index contributed by atoms with van der Waals surface area (Å²) in [6.45, 7) is 6.70. The van der Waals surface area contributed by atoms with Gasteiger partial charge in [-0.25, -0.2) is 0 Å². The fourth-order valence-corrected chi connectivity index (χ4v) is 5.16. The van der Waals surface area contributed by atoms with Gasteiger partial charge < -0.3 is 4.43 Å². The van der Waals surface area contributed by atoms with Crippen LogP contribution in [0.5, 0.6) is 0 Å². The molecule has 2 nitrogen and oxygen atoms in total. The molecule has 0 radical (unpaired) electrons. The largest absolute Gasteiger partial charge is 0.528 e. The van der Waals surface area contributed by atoms with E-state index in [0.29, 0.717) is 16.4 Å². The van der Waals surface area contributed by atoms with E-state index >= 15 is 0 Å². The molecule has 0 heterocycles. The summed E-state index contributed by atoms with van der Waals surface area (Å²) >= 11 is 0. The lowest BCUT2D eigenvalue weighted by molar-refractivity contribution is -0.153. The summed E-state index contributed by atoms with van der Waals surface area (Å²) in [4.78, 5) is 12.8. The van der Waals surface area contributed by atoms with Crippen molar-refractivity contribution in [2.75, 3.05) is 0 Å². The van der Waals surface area contributed by atoms with Crippen LogP contribution in [0.25, 0.3) is 0 Å². The molecule has 1 saturated carbocycles. The predicted molar refractivity (Wildman–Crippen MR) is 93.3 cm³/mol. The third kappa shape index (κ3) is 4.58. The average molecular weight is 313 g/mol. The summed E-state index contributed by atoms with van der Waals surface area (Å²) in [7, 11) is 0.532. The minimum atomic E-state index is -0.191. The average Bonchev–Trinajstić information content (AvgIpc) is 2.52. The normalized spacial score (nSPS) is 18.6. The van der Waals surface area contributed by atoms with Crippen molar-refractivity contribution < 1.29 is 9.22 Å². The molecule has 0 aliphatic heterocycles. The number of rotatable bonds is 9. The maximum Gasteiger partial charge on any atom is 0.298 e. The van der Waals surface area contributed by atoms with Crippen LogP contribution in [0.15, 0.2) is 0 Å². The van der Waals surface area contributed by atoms with E-state index in [4.69, 9.17) is 4.43 Å². The molecule has 0 saturated heterocycles. The topological polar surface area (TPSA) is 26.3 Å². The summed E-state index contributed by atoms with van der Waals surface area (Å²) in [6, 6.07) is 0. The van der Waals surface area contributed by atoms with Gasteiger partial charge in [0, 0.05) is 0 Å². The summed E-state index contributed by atoms with van der Waals surface area (Å²) in [6.07, 6.45) is 13.3. The molecule has 0 amide bonds. The monoisotopic (exact) mass is 312 g/mol. The first-order valence-corrected chi connectivity index (χ1v) is 10.1. The molecule has 0 spiro atoms. The van der Waals surface area contributed by atoms with Crippen molar-refractivity contribution in [2.24, 2.45) is 17.3 Å². The molecule has 3 heteroatoms. The molecule has 0 bridgehead atoms. The van der Waals surface area contributed by atoms with Crippen LogP contribution in [0, 0.1) is 17.3 Å². The van der Waals surface area contributed by atoms with E-state index in [0.717, 1.165) is 31.6 Å². The van der Waals surface area contributed by atoms with Crippen LogP contribution in [-0.4, -0.2) is 16.5 Å². The van der Waals surface area contributed by atoms with Gasteiger partial charge >= 0.3 is 0 Å². The molecule has 124 valence electrons.